The topological polar surface area (TPSA) is 93.5 Å². The maximum absolute atomic E-state index is 13.8. The van der Waals surface area contributed by atoms with E-state index in [2.05, 4.69) is 17.3 Å². The number of nitrogens with zero attached hydrogens (tertiary/aromatic N) is 3. The first kappa shape index (κ1) is 27.1. The average Bonchev–Trinajstić information content (AvgIpc) is 3.55. The maximum atomic E-state index is 13.8. The van der Waals surface area contributed by atoms with Gasteiger partial charge in [0.2, 0.25) is 5.91 Å². The number of hydrogen-bond acceptors (Lipinski definition) is 6. The highest BCUT2D eigenvalue weighted by atomic mass is 32.1. The molecule has 2 aliphatic carbocycles. The van der Waals surface area contributed by atoms with Crippen LogP contribution in [0.4, 0.5) is 11.4 Å². The van der Waals surface area contributed by atoms with Gasteiger partial charge >= 0.3 is 5.97 Å². The molecule has 0 aliphatic heterocycles. The lowest BCUT2D eigenvalue weighted by molar-refractivity contribution is -0.123. The fraction of sp³-hybridized carbons (Fsp3) is 0.467. The highest BCUT2D eigenvalue weighted by molar-refractivity contribution is 7.18. The Morgan fingerprint density at radius 3 is 2.36 bits per heavy atom. The molecule has 2 aliphatic rings. The third-order valence-electron chi connectivity index (χ3n) is 7.92. The molecule has 8 nitrogen and oxygen atoms in total. The van der Waals surface area contributed by atoms with E-state index < -0.39 is 5.97 Å². The van der Waals surface area contributed by atoms with Gasteiger partial charge in [0, 0.05) is 35.8 Å². The Balaban J connectivity index is 1.40. The van der Waals surface area contributed by atoms with E-state index in [0.717, 1.165) is 54.7 Å². The van der Waals surface area contributed by atoms with Gasteiger partial charge in [-0.2, -0.15) is 5.10 Å². The first-order chi connectivity index (χ1) is 18.7. The van der Waals surface area contributed by atoms with Gasteiger partial charge in [-0.25, -0.2) is 4.79 Å². The normalized spacial score (nSPS) is 19.0. The maximum Gasteiger partial charge on any atom is 0.350 e. The van der Waals surface area contributed by atoms with Gasteiger partial charge in [-0.3, -0.25) is 14.3 Å². The van der Waals surface area contributed by atoms with Crippen molar-refractivity contribution in [3.63, 3.8) is 0 Å². The second-order valence-corrected chi connectivity index (χ2v) is 12.0. The van der Waals surface area contributed by atoms with Gasteiger partial charge in [0.15, 0.2) is 5.69 Å². The number of aromatic nitrogens is 2. The van der Waals surface area contributed by atoms with Gasteiger partial charge in [0.05, 0.1) is 12.8 Å². The average molecular weight is 549 g/mol. The summed E-state index contributed by atoms with van der Waals surface area (Å²) in [7, 11) is 3.18. The number of amides is 2. The van der Waals surface area contributed by atoms with Crippen LogP contribution in [0.25, 0.3) is 10.4 Å². The Hall–Kier alpha value is -3.46. The Morgan fingerprint density at radius 2 is 1.77 bits per heavy atom. The summed E-state index contributed by atoms with van der Waals surface area (Å²) in [4.78, 5) is 42.4. The van der Waals surface area contributed by atoms with E-state index >= 15 is 0 Å². The lowest BCUT2D eigenvalue weighted by Gasteiger charge is -2.31. The molecule has 2 amide bonds. The number of carbonyl (C=O) groups excluding carboxylic acids is 3. The van der Waals surface area contributed by atoms with E-state index in [1.54, 1.807) is 17.8 Å². The number of benzene rings is 1. The van der Waals surface area contributed by atoms with E-state index in [9.17, 15) is 14.4 Å². The molecule has 1 aromatic carbocycles. The molecule has 0 unspecified atom stereocenters. The van der Waals surface area contributed by atoms with Crippen LogP contribution in [0.5, 0.6) is 0 Å². The molecule has 3 aromatic rings. The molecule has 0 radical (unpaired) electrons. The second-order valence-electron chi connectivity index (χ2n) is 11.0. The van der Waals surface area contributed by atoms with Crippen LogP contribution in [0.15, 0.2) is 36.4 Å². The van der Waals surface area contributed by atoms with Crippen molar-refractivity contribution < 1.29 is 19.1 Å². The van der Waals surface area contributed by atoms with Crippen molar-refractivity contribution in [3.05, 3.63) is 52.7 Å². The van der Waals surface area contributed by atoms with Crippen LogP contribution >= 0.6 is 11.3 Å². The summed E-state index contributed by atoms with van der Waals surface area (Å²) in [6, 6.07) is 11.2. The summed E-state index contributed by atoms with van der Waals surface area (Å²) < 4.78 is 6.79. The van der Waals surface area contributed by atoms with Crippen LogP contribution in [0.2, 0.25) is 0 Å². The van der Waals surface area contributed by atoms with Crippen molar-refractivity contribution >= 4 is 40.5 Å². The Morgan fingerprint density at radius 1 is 1.08 bits per heavy atom. The monoisotopic (exact) mass is 548 g/mol. The number of rotatable bonds is 8. The molecule has 206 valence electrons. The lowest BCUT2D eigenvalue weighted by atomic mass is 9.82. The molecule has 39 heavy (non-hydrogen) atoms. The SMILES string of the molecule is COC(=O)c1sc(-c2ccc(NC(=O)c3cc(C)n(C)n3)cc2)cc1N(CC1CC1)C(=O)C1CCC(C)CC1. The zero-order chi connectivity index (χ0) is 27.7. The minimum absolute atomic E-state index is 0.000385. The number of carbonyl (C=O) groups is 3. The second kappa shape index (κ2) is 11.3. The predicted molar refractivity (Wildman–Crippen MR) is 153 cm³/mol. The van der Waals surface area contributed by atoms with Gasteiger partial charge in [0.25, 0.3) is 5.91 Å². The standard InChI is InChI=1S/C30H36N4O4S/c1-18-5-9-22(10-6-18)29(36)34(17-20-7-8-20)25-16-26(39-27(25)30(37)38-4)21-11-13-23(14-12-21)31-28(35)24-15-19(2)33(3)32-24/h11-16,18,20,22H,5-10,17H2,1-4H3,(H,31,35). The van der Waals surface area contributed by atoms with E-state index in [-0.39, 0.29) is 17.7 Å². The zero-order valence-corrected chi connectivity index (χ0v) is 23.8. The molecule has 9 heteroatoms. The molecule has 5 rings (SSSR count). The number of aryl methyl sites for hydroxylation is 2. The molecule has 0 saturated heterocycles. The minimum atomic E-state index is -0.429. The fourth-order valence-electron chi connectivity index (χ4n) is 5.14. The van der Waals surface area contributed by atoms with Gasteiger partial charge < -0.3 is 15.0 Å². The molecule has 2 fully saturated rings. The predicted octanol–water partition coefficient (Wildman–Crippen LogP) is 6.07. The molecule has 2 saturated carbocycles. The first-order valence-electron chi connectivity index (χ1n) is 13.7. The van der Waals surface area contributed by atoms with Crippen LogP contribution in [-0.2, 0) is 16.6 Å². The van der Waals surface area contributed by atoms with E-state index in [0.29, 0.717) is 40.3 Å². The number of hydrogen-bond donors (Lipinski definition) is 1. The van der Waals surface area contributed by atoms with Gasteiger partial charge in [-0.15, -0.1) is 11.3 Å². The van der Waals surface area contributed by atoms with Crippen molar-refractivity contribution in [1.82, 2.24) is 9.78 Å². The number of anilines is 2. The summed E-state index contributed by atoms with van der Waals surface area (Å²) in [6.07, 6.45) is 6.15. The quantitative estimate of drug-likeness (QED) is 0.345. The number of esters is 1. The number of nitrogens with one attached hydrogen (secondary N) is 1. The van der Waals surface area contributed by atoms with Crippen LogP contribution in [0, 0.1) is 24.7 Å². The van der Waals surface area contributed by atoms with Crippen molar-refractivity contribution in [2.75, 3.05) is 23.9 Å². The third kappa shape index (κ3) is 6.08. The molecule has 0 atom stereocenters. The van der Waals surface area contributed by atoms with E-state index in [4.69, 9.17) is 4.74 Å². The van der Waals surface area contributed by atoms with E-state index in [1.807, 2.05) is 42.2 Å². The van der Waals surface area contributed by atoms with Crippen molar-refractivity contribution in [2.24, 2.45) is 24.8 Å². The van der Waals surface area contributed by atoms with Crippen molar-refractivity contribution in [2.45, 2.75) is 52.4 Å². The van der Waals surface area contributed by atoms with Crippen LogP contribution in [0.1, 0.15) is 71.3 Å². The first-order valence-corrected chi connectivity index (χ1v) is 14.5. The van der Waals surface area contributed by atoms with Crippen LogP contribution < -0.4 is 10.2 Å². The van der Waals surface area contributed by atoms with Crippen LogP contribution in [0.3, 0.4) is 0 Å². The fourth-order valence-corrected chi connectivity index (χ4v) is 6.23. The Labute approximate surface area is 233 Å². The highest BCUT2D eigenvalue weighted by Crippen LogP contribution is 2.41. The van der Waals surface area contributed by atoms with Crippen LogP contribution in [-0.4, -0.2) is 41.2 Å². The largest absolute Gasteiger partial charge is 0.465 e. The molecule has 0 bridgehead atoms. The Bertz CT molecular complexity index is 1340. The third-order valence-corrected chi connectivity index (χ3v) is 9.07. The number of methoxy groups -OCH3 is 1. The summed E-state index contributed by atoms with van der Waals surface area (Å²) in [5, 5.41) is 7.12. The van der Waals surface area contributed by atoms with Gasteiger partial charge in [-0.1, -0.05) is 19.1 Å². The minimum Gasteiger partial charge on any atom is -0.465 e. The smallest absolute Gasteiger partial charge is 0.350 e. The molecular weight excluding hydrogens is 512 g/mol. The van der Waals surface area contributed by atoms with Gasteiger partial charge in [-0.05, 0) is 87.1 Å². The summed E-state index contributed by atoms with van der Waals surface area (Å²) in [5.41, 5.74) is 3.46. The zero-order valence-electron chi connectivity index (χ0n) is 23.0. The molecule has 2 heterocycles. The summed E-state index contributed by atoms with van der Waals surface area (Å²) in [6.45, 7) is 4.79. The number of ether oxygens (including phenoxy) is 1. The summed E-state index contributed by atoms with van der Waals surface area (Å²) >= 11 is 1.34. The lowest BCUT2D eigenvalue weighted by Crippen LogP contribution is -2.39. The van der Waals surface area contributed by atoms with Gasteiger partial charge in [0.1, 0.15) is 4.88 Å². The van der Waals surface area contributed by atoms with E-state index in [1.165, 1.54) is 18.4 Å². The molecule has 0 spiro atoms. The molecule has 2 aromatic heterocycles. The number of thiophene rings is 1. The summed E-state index contributed by atoms with van der Waals surface area (Å²) in [5.74, 6) is 0.567. The van der Waals surface area contributed by atoms with Crippen molar-refractivity contribution in [3.8, 4) is 10.4 Å². The highest BCUT2D eigenvalue weighted by Gasteiger charge is 2.35. The Kier molecular flexibility index (Phi) is 7.88. The molecule has 1 N–H and O–H groups in total. The van der Waals surface area contributed by atoms with Crippen molar-refractivity contribution in [1.29, 1.82) is 0 Å². The molecular formula is C30H36N4O4S.